The van der Waals surface area contributed by atoms with Gasteiger partial charge < -0.3 is 20.8 Å². The van der Waals surface area contributed by atoms with Gasteiger partial charge in [0.15, 0.2) is 0 Å². The summed E-state index contributed by atoms with van der Waals surface area (Å²) in [6.07, 6.45) is 5.03. The molecule has 2 unspecified atom stereocenters. The van der Waals surface area contributed by atoms with Crippen molar-refractivity contribution in [3.05, 3.63) is 23.0 Å². The summed E-state index contributed by atoms with van der Waals surface area (Å²) in [6.45, 7) is 19.8. The van der Waals surface area contributed by atoms with Crippen LogP contribution in [-0.4, -0.2) is 33.5 Å². The van der Waals surface area contributed by atoms with E-state index in [1.807, 2.05) is 13.8 Å². The second-order valence-electron chi connectivity index (χ2n) is 7.41. The first kappa shape index (κ1) is 30.8. The Bertz CT molecular complexity index is 229. The minimum Gasteiger partial charge on any atom is -0.687 e. The molecule has 0 aliphatic heterocycles. The molecule has 23 heavy (non-hydrogen) atoms. The fraction of sp³-hybridized carbons (Fsp3) is 0.889. The summed E-state index contributed by atoms with van der Waals surface area (Å²) in [7, 11) is 0. The van der Waals surface area contributed by atoms with Gasteiger partial charge in [0.05, 0.1) is 12.2 Å². The summed E-state index contributed by atoms with van der Waals surface area (Å²) in [5, 5.41) is 25.3. The van der Waals surface area contributed by atoms with Crippen molar-refractivity contribution >= 4 is 0 Å². The van der Waals surface area contributed by atoms with E-state index in [0.717, 1.165) is 12.8 Å². The summed E-state index contributed by atoms with van der Waals surface area (Å²) in [5.41, 5.74) is 0.00775. The van der Waals surface area contributed by atoms with Crippen LogP contribution in [0.25, 0.3) is 10.6 Å². The first-order valence-corrected chi connectivity index (χ1v) is 8.20. The van der Waals surface area contributed by atoms with Crippen molar-refractivity contribution in [1.29, 1.82) is 0 Å². The third-order valence-electron chi connectivity index (χ3n) is 2.17. The minimum atomic E-state index is -0.116. The molecule has 0 rings (SSSR count). The number of rotatable bonds is 4. The van der Waals surface area contributed by atoms with Gasteiger partial charge in [-0.25, -0.2) is 12.4 Å². The number of nitrogens with zero attached hydrogens (tertiary/aromatic N) is 2. The number of hydrogen-bond acceptors (Lipinski definition) is 2. The molecule has 0 heterocycles. The van der Waals surface area contributed by atoms with Gasteiger partial charge in [0.1, 0.15) is 0 Å². The largest absolute Gasteiger partial charge is 2.00 e. The van der Waals surface area contributed by atoms with Gasteiger partial charge in [-0.3, -0.25) is 0 Å². The minimum absolute atomic E-state index is 0. The fourth-order valence-corrected chi connectivity index (χ4v) is 0.514. The van der Waals surface area contributed by atoms with Gasteiger partial charge in [0.25, 0.3) is 0 Å². The van der Waals surface area contributed by atoms with Gasteiger partial charge in [-0.1, -0.05) is 55.4 Å². The van der Waals surface area contributed by atoms with Gasteiger partial charge in [-0.2, -0.15) is 0 Å². The molecule has 4 nitrogen and oxygen atoms in total. The van der Waals surface area contributed by atoms with Crippen LogP contribution in [0.4, 0.5) is 0 Å². The van der Waals surface area contributed by atoms with Gasteiger partial charge in [0, 0.05) is 0 Å². The topological polar surface area (TPSA) is 68.7 Å². The molecule has 138 valence electrons. The molecule has 0 amide bonds. The van der Waals surface area contributed by atoms with Gasteiger partial charge in [-0.05, 0) is 26.7 Å². The molecule has 0 aliphatic carbocycles. The molecule has 0 aromatic rings. The molecular formula is C18H40N2O2Ti. The van der Waals surface area contributed by atoms with E-state index in [0.29, 0.717) is 0 Å². The molecule has 0 bridgehead atoms. The standard InChI is InChI=1S/C10H20N2.2C4H10O.Ti/c1-9(2,3)11-7-8-12-10(4,5)6;2*1-3-4(2)5;/h7-8H,1-6H3;2*4-5H,3H2,1-2H3;/q-2;;;+2. The normalized spacial score (nSPS) is 13.6. The van der Waals surface area contributed by atoms with Crippen molar-refractivity contribution in [3.8, 4) is 0 Å². The van der Waals surface area contributed by atoms with Crippen LogP contribution in [0.15, 0.2) is 12.4 Å². The average molecular weight is 364 g/mol. The molecule has 0 aromatic heterocycles. The second kappa shape index (κ2) is 16.8. The maximum absolute atomic E-state index is 8.36. The van der Waals surface area contributed by atoms with Crippen molar-refractivity contribution in [2.75, 3.05) is 0 Å². The SMILES string of the molecule is CC(C)(C)[N-]C=C[N-]C(C)(C)C.CCC(C)O.CCC(C)O.[Ti+2]. The molecule has 0 spiro atoms. The third-order valence-corrected chi connectivity index (χ3v) is 2.17. The Kier molecular flexibility index (Phi) is 22.5. The average Bonchev–Trinajstić information content (AvgIpc) is 2.34. The van der Waals surface area contributed by atoms with Crippen LogP contribution < -0.4 is 0 Å². The van der Waals surface area contributed by atoms with Crippen molar-refractivity contribution in [3.63, 3.8) is 0 Å². The quantitative estimate of drug-likeness (QED) is 0.660. The Balaban J connectivity index is -0.000000137. The van der Waals surface area contributed by atoms with E-state index in [1.54, 1.807) is 26.2 Å². The predicted molar refractivity (Wildman–Crippen MR) is 99.3 cm³/mol. The summed E-state index contributed by atoms with van der Waals surface area (Å²) in [4.78, 5) is 0. The van der Waals surface area contributed by atoms with Crippen LogP contribution >= 0.6 is 0 Å². The van der Waals surface area contributed by atoms with E-state index in [1.165, 1.54) is 0 Å². The van der Waals surface area contributed by atoms with Crippen molar-refractivity contribution in [1.82, 2.24) is 0 Å². The van der Waals surface area contributed by atoms with E-state index in [-0.39, 0.29) is 45.0 Å². The predicted octanol–water partition coefficient (Wildman–Crippen LogP) is 5.35. The summed E-state index contributed by atoms with van der Waals surface area (Å²) in [6, 6.07) is 0. The third kappa shape index (κ3) is 52.1. The summed E-state index contributed by atoms with van der Waals surface area (Å²) >= 11 is 0. The van der Waals surface area contributed by atoms with Gasteiger partial charge >= 0.3 is 21.7 Å². The fourth-order valence-electron chi connectivity index (χ4n) is 0.514. The first-order valence-electron chi connectivity index (χ1n) is 8.20. The van der Waals surface area contributed by atoms with Crippen molar-refractivity contribution in [2.45, 2.75) is 105 Å². The maximum atomic E-state index is 8.36. The Labute approximate surface area is 160 Å². The molecule has 2 N–H and O–H groups in total. The zero-order valence-corrected chi connectivity index (χ0v) is 18.6. The van der Waals surface area contributed by atoms with E-state index in [2.05, 4.69) is 52.2 Å². The van der Waals surface area contributed by atoms with Crippen molar-refractivity contribution < 1.29 is 31.9 Å². The molecule has 0 saturated carbocycles. The Morgan fingerprint density at radius 2 is 0.913 bits per heavy atom. The number of aliphatic hydroxyl groups excluding tert-OH is 2. The van der Waals surface area contributed by atoms with Crippen LogP contribution in [0.1, 0.15) is 82.1 Å². The van der Waals surface area contributed by atoms with E-state index < -0.39 is 0 Å². The van der Waals surface area contributed by atoms with E-state index >= 15 is 0 Å². The molecule has 5 heteroatoms. The van der Waals surface area contributed by atoms with Gasteiger partial charge in [0.2, 0.25) is 0 Å². The van der Waals surface area contributed by atoms with E-state index in [9.17, 15) is 0 Å². The summed E-state index contributed by atoms with van der Waals surface area (Å²) in [5.74, 6) is 0. The molecule has 0 saturated heterocycles. The summed E-state index contributed by atoms with van der Waals surface area (Å²) < 4.78 is 0. The first-order chi connectivity index (χ1) is 9.75. The number of hydrogen-bond donors (Lipinski definition) is 2. The monoisotopic (exact) mass is 364 g/mol. The maximum Gasteiger partial charge on any atom is 2.00 e. The van der Waals surface area contributed by atoms with Crippen LogP contribution in [0.5, 0.6) is 0 Å². The van der Waals surface area contributed by atoms with Crippen LogP contribution in [0.3, 0.4) is 0 Å². The van der Waals surface area contributed by atoms with Crippen LogP contribution in [0, 0.1) is 0 Å². The van der Waals surface area contributed by atoms with Crippen molar-refractivity contribution in [2.24, 2.45) is 0 Å². The number of aliphatic hydroxyl groups is 2. The second-order valence-corrected chi connectivity index (χ2v) is 7.41. The molecule has 0 radical (unpaired) electrons. The van der Waals surface area contributed by atoms with Crippen LogP contribution in [0.2, 0.25) is 0 Å². The smallest absolute Gasteiger partial charge is 0.687 e. The Morgan fingerprint density at radius 3 is 1.00 bits per heavy atom. The zero-order valence-electron chi connectivity index (χ0n) is 17.0. The Hall–Kier alpha value is -0.0257. The zero-order chi connectivity index (χ0) is 18.4. The molecule has 0 aromatic carbocycles. The molecule has 2 atom stereocenters. The molecule has 0 fully saturated rings. The van der Waals surface area contributed by atoms with Gasteiger partial charge in [-0.15, -0.1) is 11.1 Å². The molecule has 0 aliphatic rings. The molecular weight excluding hydrogens is 324 g/mol. The Morgan fingerprint density at radius 1 is 0.739 bits per heavy atom. The van der Waals surface area contributed by atoms with Crippen LogP contribution in [-0.2, 0) is 21.7 Å². The van der Waals surface area contributed by atoms with E-state index in [4.69, 9.17) is 10.2 Å².